The maximum Gasteiger partial charge on any atom is 0.119 e. The number of aliphatic hydroxyl groups is 1. The third-order valence-electron chi connectivity index (χ3n) is 2.18. The molecule has 0 aliphatic heterocycles. The molecule has 3 nitrogen and oxygen atoms in total. The van der Waals surface area contributed by atoms with Crippen molar-refractivity contribution in [1.29, 1.82) is 0 Å². The van der Waals surface area contributed by atoms with Gasteiger partial charge >= 0.3 is 0 Å². The Morgan fingerprint density at radius 1 is 1.27 bits per heavy atom. The number of rotatable bonds is 7. The largest absolute Gasteiger partial charge is 0.494 e. The normalized spacial score (nSPS) is 10.3. The summed E-state index contributed by atoms with van der Waals surface area (Å²) in [4.78, 5) is 0. The van der Waals surface area contributed by atoms with Gasteiger partial charge in [0.05, 0.1) is 13.2 Å². The molecule has 0 bridgehead atoms. The molecule has 84 valence electrons. The van der Waals surface area contributed by atoms with Crippen LogP contribution in [0.1, 0.15) is 18.9 Å². The molecule has 15 heavy (non-hydrogen) atoms. The summed E-state index contributed by atoms with van der Waals surface area (Å²) in [5.41, 5.74) is 1.29. The van der Waals surface area contributed by atoms with Gasteiger partial charge in [-0.15, -0.1) is 0 Å². The quantitative estimate of drug-likeness (QED) is 0.645. The summed E-state index contributed by atoms with van der Waals surface area (Å²) in [6, 6.07) is 8.16. The highest BCUT2D eigenvalue weighted by Crippen LogP contribution is 2.10. The number of hydrogen-bond acceptors (Lipinski definition) is 2. The van der Waals surface area contributed by atoms with Crippen molar-refractivity contribution in [2.75, 3.05) is 19.8 Å². The molecule has 0 atom stereocenters. The number of aliphatic hydroxyl groups excluding tert-OH is 1. The molecule has 3 N–H and O–H groups in total. The Balaban J connectivity index is 2.29. The van der Waals surface area contributed by atoms with Crippen molar-refractivity contribution in [3.63, 3.8) is 0 Å². The monoisotopic (exact) mass is 210 g/mol. The van der Waals surface area contributed by atoms with Crippen LogP contribution < -0.4 is 10.1 Å². The summed E-state index contributed by atoms with van der Waals surface area (Å²) >= 11 is 0. The molecular formula is C12H20NO2+. The van der Waals surface area contributed by atoms with E-state index in [-0.39, 0.29) is 6.61 Å². The van der Waals surface area contributed by atoms with E-state index >= 15 is 0 Å². The Morgan fingerprint density at radius 2 is 2.00 bits per heavy atom. The summed E-state index contributed by atoms with van der Waals surface area (Å²) in [6.45, 7) is 4.91. The zero-order valence-corrected chi connectivity index (χ0v) is 9.28. The van der Waals surface area contributed by atoms with Crippen molar-refractivity contribution in [1.82, 2.24) is 0 Å². The predicted octanol–water partition coefficient (Wildman–Crippen LogP) is 0.531. The number of ether oxygens (including phenoxy) is 1. The summed E-state index contributed by atoms with van der Waals surface area (Å²) in [5, 5.41) is 10.8. The van der Waals surface area contributed by atoms with Gasteiger partial charge in [-0.3, -0.25) is 0 Å². The van der Waals surface area contributed by atoms with Gasteiger partial charge in [0.2, 0.25) is 0 Å². The van der Waals surface area contributed by atoms with Gasteiger partial charge in [-0.2, -0.15) is 0 Å². The van der Waals surface area contributed by atoms with E-state index in [9.17, 15) is 0 Å². The first-order valence-corrected chi connectivity index (χ1v) is 5.51. The SMILES string of the molecule is CCOc1ccc(C[NH2+]CCCO)cc1. The van der Waals surface area contributed by atoms with Gasteiger partial charge in [0, 0.05) is 18.6 Å². The van der Waals surface area contributed by atoms with E-state index in [1.807, 2.05) is 19.1 Å². The van der Waals surface area contributed by atoms with E-state index in [1.54, 1.807) is 0 Å². The summed E-state index contributed by atoms with van der Waals surface area (Å²) < 4.78 is 5.36. The summed E-state index contributed by atoms with van der Waals surface area (Å²) in [7, 11) is 0. The zero-order chi connectivity index (χ0) is 10.9. The highest BCUT2D eigenvalue weighted by molar-refractivity contribution is 5.26. The molecule has 0 aliphatic rings. The minimum atomic E-state index is 0.278. The van der Waals surface area contributed by atoms with Crippen LogP contribution >= 0.6 is 0 Å². The molecule has 1 rings (SSSR count). The molecule has 0 fully saturated rings. The first-order chi connectivity index (χ1) is 7.36. The van der Waals surface area contributed by atoms with Gasteiger partial charge in [0.1, 0.15) is 12.3 Å². The van der Waals surface area contributed by atoms with E-state index in [0.717, 1.165) is 25.3 Å². The maximum absolute atomic E-state index is 8.62. The van der Waals surface area contributed by atoms with Gasteiger partial charge in [-0.25, -0.2) is 0 Å². The minimum absolute atomic E-state index is 0.278. The lowest BCUT2D eigenvalue weighted by Crippen LogP contribution is -2.82. The zero-order valence-electron chi connectivity index (χ0n) is 9.28. The number of quaternary nitrogens is 1. The van der Waals surface area contributed by atoms with Crippen LogP contribution in [0, 0.1) is 0 Å². The van der Waals surface area contributed by atoms with E-state index in [4.69, 9.17) is 9.84 Å². The fraction of sp³-hybridized carbons (Fsp3) is 0.500. The standard InChI is InChI=1S/C12H19NO2/c1-2-15-12-6-4-11(5-7-12)10-13-8-3-9-14/h4-7,13-14H,2-3,8-10H2,1H3/p+1. The predicted molar refractivity (Wildman–Crippen MR) is 59.8 cm³/mol. The Kier molecular flexibility index (Phi) is 5.81. The van der Waals surface area contributed by atoms with E-state index in [0.29, 0.717) is 6.61 Å². The highest BCUT2D eigenvalue weighted by atomic mass is 16.5. The minimum Gasteiger partial charge on any atom is -0.494 e. The lowest BCUT2D eigenvalue weighted by Gasteiger charge is -2.04. The summed E-state index contributed by atoms with van der Waals surface area (Å²) in [6.07, 6.45) is 0.858. The maximum atomic E-state index is 8.62. The first kappa shape index (κ1) is 12.0. The smallest absolute Gasteiger partial charge is 0.119 e. The second-order valence-electron chi connectivity index (χ2n) is 3.44. The molecule has 0 heterocycles. The van der Waals surface area contributed by atoms with Crippen molar-refractivity contribution in [2.45, 2.75) is 19.9 Å². The Labute approximate surface area is 91.1 Å². The molecular weight excluding hydrogens is 190 g/mol. The Hall–Kier alpha value is -1.06. The molecule has 0 unspecified atom stereocenters. The second-order valence-corrected chi connectivity index (χ2v) is 3.44. The Bertz CT molecular complexity index is 259. The van der Waals surface area contributed by atoms with Gasteiger partial charge in [-0.1, -0.05) is 0 Å². The van der Waals surface area contributed by atoms with Crippen molar-refractivity contribution >= 4 is 0 Å². The highest BCUT2D eigenvalue weighted by Gasteiger charge is 1.96. The van der Waals surface area contributed by atoms with Gasteiger partial charge in [-0.05, 0) is 31.2 Å². The topological polar surface area (TPSA) is 46.1 Å². The van der Waals surface area contributed by atoms with E-state index < -0.39 is 0 Å². The fourth-order valence-corrected chi connectivity index (χ4v) is 1.39. The van der Waals surface area contributed by atoms with Gasteiger partial charge in [0.25, 0.3) is 0 Å². The first-order valence-electron chi connectivity index (χ1n) is 5.51. The van der Waals surface area contributed by atoms with Crippen LogP contribution in [0.3, 0.4) is 0 Å². The molecule has 0 spiro atoms. The van der Waals surface area contributed by atoms with Crippen LogP contribution in [0.5, 0.6) is 5.75 Å². The van der Waals surface area contributed by atoms with Crippen molar-refractivity contribution in [2.24, 2.45) is 0 Å². The molecule has 0 amide bonds. The van der Waals surface area contributed by atoms with Crippen molar-refractivity contribution in [3.05, 3.63) is 29.8 Å². The van der Waals surface area contributed by atoms with Crippen LogP contribution in [-0.2, 0) is 6.54 Å². The van der Waals surface area contributed by atoms with Crippen LogP contribution in [-0.4, -0.2) is 24.9 Å². The number of nitrogens with two attached hydrogens (primary N) is 1. The number of benzene rings is 1. The second kappa shape index (κ2) is 7.26. The van der Waals surface area contributed by atoms with Crippen LogP contribution in [0.4, 0.5) is 0 Å². The van der Waals surface area contributed by atoms with Crippen LogP contribution in [0.15, 0.2) is 24.3 Å². The van der Waals surface area contributed by atoms with Crippen LogP contribution in [0.25, 0.3) is 0 Å². The fourth-order valence-electron chi connectivity index (χ4n) is 1.39. The number of hydrogen-bond donors (Lipinski definition) is 2. The van der Waals surface area contributed by atoms with Crippen molar-refractivity contribution in [3.8, 4) is 5.75 Å². The molecule has 0 aromatic heterocycles. The molecule has 1 aromatic rings. The molecule has 1 aromatic carbocycles. The third kappa shape index (κ3) is 4.81. The van der Waals surface area contributed by atoms with Crippen LogP contribution in [0.2, 0.25) is 0 Å². The van der Waals surface area contributed by atoms with Gasteiger partial charge < -0.3 is 15.2 Å². The lowest BCUT2D eigenvalue weighted by molar-refractivity contribution is -0.671. The molecule has 0 aliphatic carbocycles. The average Bonchev–Trinajstić information content (AvgIpc) is 2.27. The van der Waals surface area contributed by atoms with Crippen molar-refractivity contribution < 1.29 is 15.2 Å². The molecule has 3 heteroatoms. The molecule has 0 saturated heterocycles. The average molecular weight is 210 g/mol. The van der Waals surface area contributed by atoms with E-state index in [2.05, 4.69) is 17.4 Å². The lowest BCUT2D eigenvalue weighted by atomic mass is 10.2. The third-order valence-corrected chi connectivity index (χ3v) is 2.18. The van der Waals surface area contributed by atoms with E-state index in [1.165, 1.54) is 5.56 Å². The molecule has 0 radical (unpaired) electrons. The Morgan fingerprint density at radius 3 is 2.60 bits per heavy atom. The molecule has 0 saturated carbocycles. The summed E-state index contributed by atoms with van der Waals surface area (Å²) in [5.74, 6) is 0.927. The van der Waals surface area contributed by atoms with Gasteiger partial charge in [0.15, 0.2) is 0 Å².